The molecule has 2 bridgehead atoms. The van der Waals surface area contributed by atoms with Crippen molar-refractivity contribution in [3.8, 4) is 5.75 Å². The van der Waals surface area contributed by atoms with Gasteiger partial charge in [-0.05, 0) is 62.1 Å². The van der Waals surface area contributed by atoms with E-state index in [4.69, 9.17) is 4.74 Å². The van der Waals surface area contributed by atoms with Crippen molar-refractivity contribution in [3.63, 3.8) is 0 Å². The van der Waals surface area contributed by atoms with Crippen molar-refractivity contribution in [2.75, 3.05) is 20.2 Å². The Morgan fingerprint density at radius 1 is 1.15 bits per heavy atom. The summed E-state index contributed by atoms with van der Waals surface area (Å²) in [7, 11) is 1.72. The maximum atomic E-state index is 12.8. The molecule has 1 aromatic heterocycles. The number of carbonyl (C=O) groups excluding carboxylic acids is 1. The Morgan fingerprint density at radius 3 is 2.59 bits per heavy atom. The van der Waals surface area contributed by atoms with E-state index < -0.39 is 0 Å². The molecule has 2 aliphatic rings. The van der Waals surface area contributed by atoms with Crippen molar-refractivity contribution in [1.82, 2.24) is 14.8 Å². The van der Waals surface area contributed by atoms with Gasteiger partial charge in [0.15, 0.2) is 0 Å². The van der Waals surface area contributed by atoms with Gasteiger partial charge < -0.3 is 9.64 Å². The summed E-state index contributed by atoms with van der Waals surface area (Å²) in [6.07, 6.45) is 2.74. The highest BCUT2D eigenvalue weighted by molar-refractivity contribution is 5.92. The van der Waals surface area contributed by atoms with E-state index >= 15 is 0 Å². The van der Waals surface area contributed by atoms with Gasteiger partial charge in [0.1, 0.15) is 11.4 Å². The number of hydrogen-bond donors (Lipinski definition) is 0. The van der Waals surface area contributed by atoms with E-state index in [2.05, 4.69) is 42.8 Å². The average molecular weight is 365 g/mol. The monoisotopic (exact) mass is 365 g/mol. The number of ether oxygens (including phenoxy) is 1. The number of hydrogen-bond acceptors (Lipinski definition) is 4. The second kappa shape index (κ2) is 6.97. The Balaban J connectivity index is 1.50. The summed E-state index contributed by atoms with van der Waals surface area (Å²) in [5.74, 6) is 1.01. The molecular formula is C22H27N3O2. The molecule has 5 heteroatoms. The van der Waals surface area contributed by atoms with Crippen LogP contribution in [0.1, 0.15) is 46.6 Å². The predicted molar refractivity (Wildman–Crippen MR) is 105 cm³/mol. The number of benzene rings is 1. The summed E-state index contributed by atoms with van der Waals surface area (Å²) in [6.45, 7) is 8.29. The fourth-order valence-electron chi connectivity index (χ4n) is 4.73. The number of likely N-dealkylation sites (tertiary alicyclic amines) is 2. The molecule has 142 valence electrons. The number of aromatic nitrogens is 1. The molecule has 1 amide bonds. The first kappa shape index (κ1) is 18.0. The minimum Gasteiger partial charge on any atom is -0.496 e. The van der Waals surface area contributed by atoms with Crippen LogP contribution in [0.15, 0.2) is 36.5 Å². The Labute approximate surface area is 161 Å². The summed E-state index contributed by atoms with van der Waals surface area (Å²) >= 11 is 0. The number of rotatable bonds is 4. The molecule has 3 heterocycles. The largest absolute Gasteiger partial charge is 0.496 e. The van der Waals surface area contributed by atoms with Crippen LogP contribution in [-0.2, 0) is 0 Å². The summed E-state index contributed by atoms with van der Waals surface area (Å²) in [4.78, 5) is 21.6. The van der Waals surface area contributed by atoms with Crippen molar-refractivity contribution >= 4 is 5.91 Å². The molecule has 4 rings (SSSR count). The highest BCUT2D eigenvalue weighted by atomic mass is 16.5. The minimum absolute atomic E-state index is 0.0619. The van der Waals surface area contributed by atoms with Crippen LogP contribution < -0.4 is 4.74 Å². The van der Waals surface area contributed by atoms with Gasteiger partial charge in [0, 0.05) is 37.4 Å². The summed E-state index contributed by atoms with van der Waals surface area (Å²) < 4.78 is 5.45. The SMILES string of the molecule is COc1ccc([C@H](C)N2C[C@H]3C[C@@H]2CN3C(=O)c2ccccn2)c(C)c1C. The van der Waals surface area contributed by atoms with Crippen molar-refractivity contribution in [3.05, 3.63) is 58.9 Å². The molecular weight excluding hydrogens is 338 g/mol. The average Bonchev–Trinajstić information content (AvgIpc) is 3.30. The Hall–Kier alpha value is -2.40. The normalized spacial score (nSPS) is 22.9. The second-order valence-electron chi connectivity index (χ2n) is 7.70. The van der Waals surface area contributed by atoms with Gasteiger partial charge in [-0.25, -0.2) is 0 Å². The molecule has 0 aliphatic carbocycles. The number of nitrogens with zero attached hydrogens (tertiary/aromatic N) is 3. The van der Waals surface area contributed by atoms with Gasteiger partial charge in [-0.1, -0.05) is 12.1 Å². The van der Waals surface area contributed by atoms with Crippen LogP contribution in [0.3, 0.4) is 0 Å². The lowest BCUT2D eigenvalue weighted by atomic mass is 9.96. The number of amides is 1. The molecule has 0 N–H and O–H groups in total. The zero-order valence-corrected chi connectivity index (χ0v) is 16.5. The van der Waals surface area contributed by atoms with Gasteiger partial charge in [-0.2, -0.15) is 0 Å². The Bertz CT molecular complexity index is 852. The van der Waals surface area contributed by atoms with Crippen LogP contribution in [0.25, 0.3) is 0 Å². The Morgan fingerprint density at radius 2 is 1.96 bits per heavy atom. The van der Waals surface area contributed by atoms with Crippen LogP contribution in [0.2, 0.25) is 0 Å². The van der Waals surface area contributed by atoms with Crippen LogP contribution in [0, 0.1) is 13.8 Å². The molecule has 2 fully saturated rings. The van der Waals surface area contributed by atoms with Crippen LogP contribution >= 0.6 is 0 Å². The fourth-order valence-corrected chi connectivity index (χ4v) is 4.73. The second-order valence-corrected chi connectivity index (χ2v) is 7.70. The van der Waals surface area contributed by atoms with Gasteiger partial charge in [-0.15, -0.1) is 0 Å². The van der Waals surface area contributed by atoms with E-state index in [0.29, 0.717) is 17.8 Å². The fraction of sp³-hybridized carbons (Fsp3) is 0.455. The lowest BCUT2D eigenvalue weighted by molar-refractivity contribution is 0.0563. The molecule has 2 aliphatic heterocycles. The topological polar surface area (TPSA) is 45.7 Å². The molecule has 0 saturated carbocycles. The van der Waals surface area contributed by atoms with Gasteiger partial charge >= 0.3 is 0 Å². The third-order valence-corrected chi connectivity index (χ3v) is 6.37. The summed E-state index contributed by atoms with van der Waals surface area (Å²) in [6, 6.07) is 10.8. The van der Waals surface area contributed by atoms with Crippen LogP contribution in [0.4, 0.5) is 0 Å². The van der Waals surface area contributed by atoms with Gasteiger partial charge in [0.2, 0.25) is 0 Å². The first-order valence-corrected chi connectivity index (χ1v) is 9.63. The molecule has 2 aromatic rings. The van der Waals surface area contributed by atoms with Crippen molar-refractivity contribution in [2.45, 2.75) is 45.3 Å². The first-order chi connectivity index (χ1) is 13.0. The highest BCUT2D eigenvalue weighted by Crippen LogP contribution is 2.39. The molecule has 0 unspecified atom stereocenters. The minimum atomic E-state index is 0.0619. The summed E-state index contributed by atoms with van der Waals surface area (Å²) in [5, 5.41) is 0. The standard InChI is InChI=1S/C22H27N3O2/c1-14-15(2)21(27-4)9-8-19(14)16(3)24-12-18-11-17(24)13-25(18)22(26)20-7-5-6-10-23-20/h5-10,16-18H,11-13H2,1-4H3/t16-,17+,18+/m0/s1. The van der Waals surface area contributed by atoms with E-state index in [9.17, 15) is 4.79 Å². The number of carbonyl (C=O) groups is 1. The molecule has 3 atom stereocenters. The highest BCUT2D eigenvalue weighted by Gasteiger charge is 2.47. The number of piperazine rings is 1. The third kappa shape index (κ3) is 3.00. The quantitative estimate of drug-likeness (QED) is 0.833. The predicted octanol–water partition coefficient (Wildman–Crippen LogP) is 3.37. The van der Waals surface area contributed by atoms with Crippen molar-refractivity contribution in [1.29, 1.82) is 0 Å². The Kier molecular flexibility index (Phi) is 4.64. The lowest BCUT2D eigenvalue weighted by Crippen LogP contribution is -2.49. The molecule has 0 spiro atoms. The smallest absolute Gasteiger partial charge is 0.272 e. The van der Waals surface area contributed by atoms with Crippen molar-refractivity contribution < 1.29 is 9.53 Å². The van der Waals surface area contributed by atoms with E-state index in [0.717, 1.165) is 25.3 Å². The maximum absolute atomic E-state index is 12.8. The van der Waals surface area contributed by atoms with Crippen LogP contribution in [0.5, 0.6) is 5.75 Å². The zero-order chi connectivity index (χ0) is 19.1. The van der Waals surface area contributed by atoms with Crippen LogP contribution in [-0.4, -0.2) is 53.0 Å². The number of pyridine rings is 1. The van der Waals surface area contributed by atoms with E-state index in [-0.39, 0.29) is 11.9 Å². The first-order valence-electron chi connectivity index (χ1n) is 9.63. The molecule has 5 nitrogen and oxygen atoms in total. The number of methoxy groups -OCH3 is 1. The van der Waals surface area contributed by atoms with E-state index in [1.54, 1.807) is 19.4 Å². The third-order valence-electron chi connectivity index (χ3n) is 6.37. The van der Waals surface area contributed by atoms with E-state index in [1.165, 1.54) is 16.7 Å². The van der Waals surface area contributed by atoms with Gasteiger partial charge in [-0.3, -0.25) is 14.7 Å². The van der Waals surface area contributed by atoms with Gasteiger partial charge in [0.05, 0.1) is 7.11 Å². The van der Waals surface area contributed by atoms with Gasteiger partial charge in [0.25, 0.3) is 5.91 Å². The summed E-state index contributed by atoms with van der Waals surface area (Å²) in [5.41, 5.74) is 4.40. The van der Waals surface area contributed by atoms with E-state index in [1.807, 2.05) is 17.0 Å². The molecule has 2 saturated heterocycles. The number of fused-ring (bicyclic) bond motifs is 2. The maximum Gasteiger partial charge on any atom is 0.272 e. The lowest BCUT2D eigenvalue weighted by Gasteiger charge is -2.38. The van der Waals surface area contributed by atoms with Crippen molar-refractivity contribution in [2.24, 2.45) is 0 Å². The zero-order valence-electron chi connectivity index (χ0n) is 16.5. The molecule has 27 heavy (non-hydrogen) atoms. The molecule has 0 radical (unpaired) electrons. The molecule has 1 aromatic carbocycles.